The highest BCUT2D eigenvalue weighted by Gasteiger charge is 2.40. The summed E-state index contributed by atoms with van der Waals surface area (Å²) in [5, 5.41) is 13.6. The lowest BCUT2D eigenvalue weighted by atomic mass is 10.0. The van der Waals surface area contributed by atoms with Crippen LogP contribution in [0.2, 0.25) is 0 Å². The van der Waals surface area contributed by atoms with Crippen molar-refractivity contribution in [2.45, 2.75) is 32.2 Å². The molecule has 1 aliphatic carbocycles. The Hall–Kier alpha value is -2.54. The number of hydrogen-bond donors (Lipinski definition) is 0. The van der Waals surface area contributed by atoms with E-state index < -0.39 is 0 Å². The van der Waals surface area contributed by atoms with Gasteiger partial charge < -0.3 is 4.90 Å². The molecule has 1 saturated carbocycles. The number of aryl methyl sites for hydroxylation is 1. The van der Waals surface area contributed by atoms with Crippen LogP contribution in [0.15, 0.2) is 36.0 Å². The summed E-state index contributed by atoms with van der Waals surface area (Å²) in [6, 6.07) is 8.50. The molecule has 5 rings (SSSR count). The molecule has 2 aromatic heterocycles. The molecule has 0 N–H and O–H groups in total. The first kappa shape index (κ1) is 15.7. The molecule has 1 saturated heterocycles. The number of fused-ring (bicyclic) bond motifs is 2. The average molecular weight is 365 g/mol. The van der Waals surface area contributed by atoms with Gasteiger partial charge in [0.05, 0.1) is 5.69 Å². The van der Waals surface area contributed by atoms with Crippen LogP contribution in [0.5, 0.6) is 0 Å². The van der Waals surface area contributed by atoms with Crippen LogP contribution in [0.25, 0.3) is 16.1 Å². The molecule has 132 valence electrons. The molecule has 26 heavy (non-hydrogen) atoms. The Labute approximate surface area is 155 Å². The van der Waals surface area contributed by atoms with Crippen LogP contribution in [0, 0.1) is 12.8 Å². The average Bonchev–Trinajstić information content (AvgIpc) is 3.44. The minimum absolute atomic E-state index is 0.127. The summed E-state index contributed by atoms with van der Waals surface area (Å²) in [5.41, 5.74) is 3.78. The molecule has 0 radical (unpaired) electrons. The van der Waals surface area contributed by atoms with Crippen LogP contribution in [0.1, 0.15) is 35.2 Å². The Kier molecular flexibility index (Phi) is 3.63. The second-order valence-electron chi connectivity index (χ2n) is 7.30. The first-order valence-electron chi connectivity index (χ1n) is 8.92. The molecule has 2 atom stereocenters. The van der Waals surface area contributed by atoms with Gasteiger partial charge in [0.1, 0.15) is 6.33 Å². The number of nitrogens with zero attached hydrogens (tertiary/aromatic N) is 5. The lowest BCUT2D eigenvalue weighted by Gasteiger charge is -2.27. The summed E-state index contributed by atoms with van der Waals surface area (Å²) in [7, 11) is 0. The zero-order valence-electron chi connectivity index (χ0n) is 14.5. The van der Waals surface area contributed by atoms with E-state index in [1.807, 2.05) is 18.2 Å². The fourth-order valence-electron chi connectivity index (χ4n) is 4.21. The van der Waals surface area contributed by atoms with Crippen LogP contribution < -0.4 is 0 Å². The van der Waals surface area contributed by atoms with Crippen LogP contribution >= 0.6 is 11.3 Å². The van der Waals surface area contributed by atoms with Crippen molar-refractivity contribution in [3.8, 4) is 16.1 Å². The van der Waals surface area contributed by atoms with E-state index in [1.165, 1.54) is 12.0 Å². The molecule has 1 aliphatic heterocycles. The third-order valence-electron chi connectivity index (χ3n) is 5.46. The van der Waals surface area contributed by atoms with Crippen molar-refractivity contribution in [2.75, 3.05) is 6.54 Å². The van der Waals surface area contributed by atoms with Gasteiger partial charge in [-0.15, -0.1) is 16.4 Å². The molecule has 3 heterocycles. The van der Waals surface area contributed by atoms with E-state index in [1.54, 1.807) is 22.3 Å². The minimum Gasteiger partial charge on any atom is -0.335 e. The molecule has 0 spiro atoms. The van der Waals surface area contributed by atoms with Gasteiger partial charge in [-0.25, -0.2) is 4.68 Å². The lowest BCUT2D eigenvalue weighted by Crippen LogP contribution is -2.37. The van der Waals surface area contributed by atoms with Gasteiger partial charge in [0.15, 0.2) is 0 Å². The quantitative estimate of drug-likeness (QED) is 0.714. The minimum atomic E-state index is 0.127. The van der Waals surface area contributed by atoms with Gasteiger partial charge in [-0.2, -0.15) is 0 Å². The number of amides is 1. The Morgan fingerprint density at radius 1 is 1.23 bits per heavy atom. The summed E-state index contributed by atoms with van der Waals surface area (Å²) in [5.74, 6) is 0.813. The van der Waals surface area contributed by atoms with Gasteiger partial charge in [0.2, 0.25) is 0 Å². The molecule has 0 unspecified atom stereocenters. The van der Waals surface area contributed by atoms with Crippen LogP contribution in [0.4, 0.5) is 0 Å². The van der Waals surface area contributed by atoms with E-state index in [0.29, 0.717) is 17.5 Å². The zero-order chi connectivity index (χ0) is 17.7. The number of hydrogen-bond acceptors (Lipinski definition) is 5. The summed E-state index contributed by atoms with van der Waals surface area (Å²) >= 11 is 1.69. The molecular weight excluding hydrogens is 346 g/mol. The predicted molar refractivity (Wildman–Crippen MR) is 99.4 cm³/mol. The maximum absolute atomic E-state index is 13.2. The summed E-state index contributed by atoms with van der Waals surface area (Å²) < 4.78 is 1.61. The fourth-order valence-corrected chi connectivity index (χ4v) is 5.10. The third-order valence-corrected chi connectivity index (χ3v) is 6.56. The number of piperidine rings is 1. The first-order chi connectivity index (χ1) is 12.7. The molecular formula is C19H19N5OS. The van der Waals surface area contributed by atoms with Gasteiger partial charge in [-0.3, -0.25) is 4.79 Å². The van der Waals surface area contributed by atoms with E-state index in [9.17, 15) is 4.79 Å². The van der Waals surface area contributed by atoms with Gasteiger partial charge in [0.25, 0.3) is 5.91 Å². The predicted octanol–water partition coefficient (Wildman–Crippen LogP) is 3.32. The molecule has 2 bridgehead atoms. The number of tetrazole rings is 1. The van der Waals surface area contributed by atoms with E-state index in [0.717, 1.165) is 35.5 Å². The second-order valence-corrected chi connectivity index (χ2v) is 8.21. The Morgan fingerprint density at radius 2 is 2.15 bits per heavy atom. The van der Waals surface area contributed by atoms with Crippen molar-refractivity contribution < 1.29 is 4.79 Å². The fraction of sp³-hybridized carbons (Fsp3) is 0.368. The van der Waals surface area contributed by atoms with E-state index >= 15 is 0 Å². The summed E-state index contributed by atoms with van der Waals surface area (Å²) in [6.45, 7) is 2.98. The van der Waals surface area contributed by atoms with Crippen molar-refractivity contribution in [3.05, 3.63) is 47.1 Å². The second kappa shape index (κ2) is 6.02. The van der Waals surface area contributed by atoms with Crippen molar-refractivity contribution in [1.29, 1.82) is 0 Å². The maximum atomic E-state index is 13.2. The molecule has 3 aromatic rings. The van der Waals surface area contributed by atoms with E-state index in [4.69, 9.17) is 0 Å². The zero-order valence-corrected chi connectivity index (χ0v) is 15.3. The van der Waals surface area contributed by atoms with Crippen molar-refractivity contribution >= 4 is 17.2 Å². The SMILES string of the molecule is Cc1csc(-c2cc(C(=O)N3C[C@@H]4CC[C@H]3C4)cc(-n3cnnn3)c2)c1. The molecule has 6 nitrogen and oxygen atoms in total. The number of carbonyl (C=O) groups is 1. The largest absolute Gasteiger partial charge is 0.335 e. The number of benzene rings is 1. The van der Waals surface area contributed by atoms with E-state index in [2.05, 4.69) is 38.8 Å². The highest BCUT2D eigenvalue weighted by molar-refractivity contribution is 7.13. The van der Waals surface area contributed by atoms with Gasteiger partial charge in [0, 0.05) is 23.0 Å². The first-order valence-corrected chi connectivity index (χ1v) is 9.80. The number of rotatable bonds is 3. The van der Waals surface area contributed by atoms with Crippen molar-refractivity contribution in [2.24, 2.45) is 5.92 Å². The third kappa shape index (κ3) is 2.63. The van der Waals surface area contributed by atoms with Gasteiger partial charge in [-0.1, -0.05) is 0 Å². The number of aromatic nitrogens is 4. The lowest BCUT2D eigenvalue weighted by molar-refractivity contribution is 0.0703. The Balaban J connectivity index is 1.58. The summed E-state index contributed by atoms with van der Waals surface area (Å²) in [4.78, 5) is 16.4. The maximum Gasteiger partial charge on any atom is 0.254 e. The summed E-state index contributed by atoms with van der Waals surface area (Å²) in [6.07, 6.45) is 5.12. The Morgan fingerprint density at radius 3 is 2.81 bits per heavy atom. The number of likely N-dealkylation sites (tertiary alicyclic amines) is 1. The van der Waals surface area contributed by atoms with Crippen LogP contribution in [0.3, 0.4) is 0 Å². The molecule has 1 aromatic carbocycles. The van der Waals surface area contributed by atoms with E-state index in [-0.39, 0.29) is 5.91 Å². The van der Waals surface area contributed by atoms with Gasteiger partial charge >= 0.3 is 0 Å². The van der Waals surface area contributed by atoms with Crippen molar-refractivity contribution in [1.82, 2.24) is 25.1 Å². The van der Waals surface area contributed by atoms with Crippen molar-refractivity contribution in [3.63, 3.8) is 0 Å². The number of carbonyl (C=O) groups excluding carboxylic acids is 1. The molecule has 1 amide bonds. The monoisotopic (exact) mass is 365 g/mol. The topological polar surface area (TPSA) is 63.9 Å². The smallest absolute Gasteiger partial charge is 0.254 e. The van der Waals surface area contributed by atoms with Crippen LogP contribution in [-0.4, -0.2) is 43.6 Å². The molecule has 7 heteroatoms. The number of thiophene rings is 1. The molecule has 2 fully saturated rings. The normalized spacial score (nSPS) is 21.5. The highest BCUT2D eigenvalue weighted by atomic mass is 32.1. The Bertz CT molecular complexity index is 964. The van der Waals surface area contributed by atoms with Crippen LogP contribution in [-0.2, 0) is 0 Å². The molecule has 2 aliphatic rings. The highest BCUT2D eigenvalue weighted by Crippen LogP contribution is 2.38. The standard InChI is InChI=1S/C19H19N5OS/c1-12-4-18(26-10-12)14-6-15(8-17(7-14)24-11-20-21-22-24)19(25)23-9-13-2-3-16(23)5-13/h4,6-8,10-11,13,16H,2-3,5,9H2,1H3/t13-,16+/m1/s1. The van der Waals surface area contributed by atoms with Gasteiger partial charge in [-0.05, 0) is 83.3 Å².